The second kappa shape index (κ2) is 9.19. The fourth-order valence-corrected chi connectivity index (χ4v) is 5.11. The second-order valence-electron chi connectivity index (χ2n) is 8.56. The van der Waals surface area contributed by atoms with Crippen molar-refractivity contribution in [1.29, 1.82) is 0 Å². The average molecular weight is 459 g/mol. The third-order valence-electron chi connectivity index (χ3n) is 6.12. The summed E-state index contributed by atoms with van der Waals surface area (Å²) >= 11 is 1.42. The minimum Gasteiger partial charge on any atom is -0.341 e. The number of benzene rings is 2. The van der Waals surface area contributed by atoms with Crippen LogP contribution in [0.3, 0.4) is 0 Å². The number of thiophene rings is 1. The minimum absolute atomic E-state index is 0.0112. The second-order valence-corrected chi connectivity index (χ2v) is 9.48. The molecule has 1 saturated heterocycles. The van der Waals surface area contributed by atoms with Crippen molar-refractivity contribution in [3.8, 4) is 0 Å². The van der Waals surface area contributed by atoms with Gasteiger partial charge in [-0.2, -0.15) is 0 Å². The van der Waals surface area contributed by atoms with Crippen molar-refractivity contribution in [3.63, 3.8) is 0 Å². The summed E-state index contributed by atoms with van der Waals surface area (Å²) in [5, 5.41) is 4.96. The predicted molar refractivity (Wildman–Crippen MR) is 134 cm³/mol. The highest BCUT2D eigenvalue weighted by atomic mass is 32.1. The Hall–Kier alpha value is -3.45. The van der Waals surface area contributed by atoms with Gasteiger partial charge in [0.25, 0.3) is 5.56 Å². The molecule has 1 aliphatic heterocycles. The van der Waals surface area contributed by atoms with E-state index in [1.54, 1.807) is 4.57 Å². The van der Waals surface area contributed by atoms with Crippen molar-refractivity contribution in [2.24, 2.45) is 5.92 Å². The molecule has 4 aromatic rings. The molecule has 0 bridgehead atoms. The fourth-order valence-electron chi connectivity index (χ4n) is 4.34. The number of nitrogens with zero attached hydrogens (tertiary/aromatic N) is 3. The standard InChI is InChI=1S/C26H26N4O2S/c1-18-9-11-21(12-10-18)27-24(31)20-8-5-14-29(17-20)26-28-22-13-15-33-23(22)25(32)30(26)16-19-6-3-2-4-7-19/h2-4,6-7,9-13,15,20H,5,8,14,16-17H2,1H3,(H,27,31)/t20-/m1/s1. The lowest BCUT2D eigenvalue weighted by atomic mass is 9.97. The van der Waals surface area contributed by atoms with E-state index in [1.165, 1.54) is 11.3 Å². The van der Waals surface area contributed by atoms with Crippen LogP contribution in [-0.2, 0) is 11.3 Å². The van der Waals surface area contributed by atoms with Gasteiger partial charge in [-0.1, -0.05) is 48.0 Å². The summed E-state index contributed by atoms with van der Waals surface area (Å²) in [4.78, 5) is 33.4. The molecule has 7 heteroatoms. The van der Waals surface area contributed by atoms with Gasteiger partial charge in [-0.05, 0) is 48.9 Å². The maximum Gasteiger partial charge on any atom is 0.273 e. The predicted octanol–water partition coefficient (Wildman–Crippen LogP) is 4.67. The maximum atomic E-state index is 13.4. The smallest absolute Gasteiger partial charge is 0.273 e. The first kappa shape index (κ1) is 21.4. The summed E-state index contributed by atoms with van der Waals surface area (Å²) in [5.41, 5.74) is 3.70. The lowest BCUT2D eigenvalue weighted by molar-refractivity contribution is -0.120. The first-order valence-corrected chi connectivity index (χ1v) is 12.1. The molecule has 1 aliphatic rings. The molecule has 1 amide bonds. The van der Waals surface area contributed by atoms with Crippen molar-refractivity contribution in [2.45, 2.75) is 26.3 Å². The summed E-state index contributed by atoms with van der Waals surface area (Å²) < 4.78 is 2.43. The Kier molecular flexibility index (Phi) is 5.96. The van der Waals surface area contributed by atoms with Gasteiger partial charge in [0.15, 0.2) is 0 Å². The molecule has 1 atom stereocenters. The van der Waals surface area contributed by atoms with E-state index in [0.717, 1.165) is 41.7 Å². The Labute approximate surface area is 196 Å². The highest BCUT2D eigenvalue weighted by Gasteiger charge is 2.29. The molecule has 0 spiro atoms. The first-order valence-electron chi connectivity index (χ1n) is 11.2. The van der Waals surface area contributed by atoms with Gasteiger partial charge in [-0.3, -0.25) is 14.2 Å². The Morgan fingerprint density at radius 3 is 2.70 bits per heavy atom. The molecule has 168 valence electrons. The van der Waals surface area contributed by atoms with Gasteiger partial charge < -0.3 is 10.2 Å². The van der Waals surface area contributed by atoms with Crippen LogP contribution < -0.4 is 15.8 Å². The molecular formula is C26H26N4O2S. The van der Waals surface area contributed by atoms with Gasteiger partial charge in [0.05, 0.1) is 18.0 Å². The van der Waals surface area contributed by atoms with Crippen molar-refractivity contribution < 1.29 is 4.79 Å². The number of aromatic nitrogens is 2. The van der Waals surface area contributed by atoms with E-state index in [-0.39, 0.29) is 17.4 Å². The molecule has 33 heavy (non-hydrogen) atoms. The van der Waals surface area contributed by atoms with E-state index >= 15 is 0 Å². The molecule has 2 aromatic heterocycles. The summed E-state index contributed by atoms with van der Waals surface area (Å²) in [6.45, 7) is 3.78. The zero-order valence-electron chi connectivity index (χ0n) is 18.5. The largest absolute Gasteiger partial charge is 0.341 e. The fraction of sp³-hybridized carbons (Fsp3) is 0.269. The minimum atomic E-state index is -0.166. The number of anilines is 2. The molecule has 0 radical (unpaired) electrons. The molecule has 0 unspecified atom stereocenters. The lowest BCUT2D eigenvalue weighted by Gasteiger charge is -2.34. The number of carbonyl (C=O) groups is 1. The van der Waals surface area contributed by atoms with Gasteiger partial charge in [-0.15, -0.1) is 11.3 Å². The summed E-state index contributed by atoms with van der Waals surface area (Å²) in [7, 11) is 0. The van der Waals surface area contributed by atoms with E-state index in [1.807, 2.05) is 73.0 Å². The average Bonchev–Trinajstić information content (AvgIpc) is 3.32. The molecule has 6 nitrogen and oxygen atoms in total. The number of aryl methyl sites for hydroxylation is 1. The van der Waals surface area contributed by atoms with Crippen LogP contribution in [0.4, 0.5) is 11.6 Å². The van der Waals surface area contributed by atoms with Crippen LogP contribution in [0.5, 0.6) is 0 Å². The van der Waals surface area contributed by atoms with Gasteiger partial charge in [0.2, 0.25) is 11.9 Å². The zero-order chi connectivity index (χ0) is 22.8. The van der Waals surface area contributed by atoms with Crippen LogP contribution >= 0.6 is 11.3 Å². The van der Waals surface area contributed by atoms with Gasteiger partial charge in [0, 0.05) is 18.8 Å². The van der Waals surface area contributed by atoms with E-state index in [0.29, 0.717) is 23.7 Å². The first-order chi connectivity index (χ1) is 16.1. The molecule has 0 aliphatic carbocycles. The van der Waals surface area contributed by atoms with Crippen LogP contribution in [0, 0.1) is 12.8 Å². The quantitative estimate of drug-likeness (QED) is 0.472. The number of carbonyl (C=O) groups excluding carboxylic acids is 1. The maximum absolute atomic E-state index is 13.4. The Morgan fingerprint density at radius 1 is 1.12 bits per heavy atom. The topological polar surface area (TPSA) is 67.2 Å². The Balaban J connectivity index is 1.44. The number of amides is 1. The molecule has 3 heterocycles. The number of hydrogen-bond donors (Lipinski definition) is 1. The van der Waals surface area contributed by atoms with Gasteiger partial charge in [0.1, 0.15) is 4.70 Å². The normalized spacial score (nSPS) is 16.2. The van der Waals surface area contributed by atoms with Crippen LogP contribution in [0.1, 0.15) is 24.0 Å². The highest BCUT2D eigenvalue weighted by Crippen LogP contribution is 2.26. The number of nitrogens with one attached hydrogen (secondary N) is 1. The van der Waals surface area contributed by atoms with Crippen LogP contribution in [0.25, 0.3) is 10.2 Å². The van der Waals surface area contributed by atoms with Gasteiger partial charge in [-0.25, -0.2) is 4.98 Å². The zero-order valence-corrected chi connectivity index (χ0v) is 19.3. The number of hydrogen-bond acceptors (Lipinski definition) is 5. The SMILES string of the molecule is Cc1ccc(NC(=O)[C@@H]2CCCN(c3nc4ccsc4c(=O)n3Cc3ccccc3)C2)cc1. The van der Waals surface area contributed by atoms with Crippen molar-refractivity contribution in [3.05, 3.63) is 87.5 Å². The number of piperidine rings is 1. The van der Waals surface area contributed by atoms with Crippen LogP contribution in [0.2, 0.25) is 0 Å². The monoisotopic (exact) mass is 458 g/mol. The summed E-state index contributed by atoms with van der Waals surface area (Å²) in [6.07, 6.45) is 1.69. The Morgan fingerprint density at radius 2 is 1.91 bits per heavy atom. The Bertz CT molecular complexity index is 1330. The molecule has 0 saturated carbocycles. The lowest BCUT2D eigenvalue weighted by Crippen LogP contribution is -2.43. The van der Waals surface area contributed by atoms with Crippen molar-refractivity contribution in [2.75, 3.05) is 23.3 Å². The van der Waals surface area contributed by atoms with Crippen LogP contribution in [0.15, 0.2) is 70.8 Å². The molecule has 1 fully saturated rings. The third-order valence-corrected chi connectivity index (χ3v) is 7.01. The summed E-state index contributed by atoms with van der Waals surface area (Å²) in [6, 6.07) is 19.7. The van der Waals surface area contributed by atoms with Gasteiger partial charge >= 0.3 is 0 Å². The highest BCUT2D eigenvalue weighted by molar-refractivity contribution is 7.17. The molecule has 5 rings (SSSR count). The number of rotatable bonds is 5. The van der Waals surface area contributed by atoms with E-state index in [9.17, 15) is 9.59 Å². The molecule has 1 N–H and O–H groups in total. The van der Waals surface area contributed by atoms with Crippen molar-refractivity contribution in [1.82, 2.24) is 9.55 Å². The number of fused-ring (bicyclic) bond motifs is 1. The van der Waals surface area contributed by atoms with Crippen molar-refractivity contribution >= 4 is 39.1 Å². The summed E-state index contributed by atoms with van der Waals surface area (Å²) in [5.74, 6) is 0.486. The van der Waals surface area contributed by atoms with E-state index < -0.39 is 0 Å². The van der Waals surface area contributed by atoms with E-state index in [2.05, 4.69) is 10.2 Å². The molecular weight excluding hydrogens is 432 g/mol. The van der Waals surface area contributed by atoms with E-state index in [4.69, 9.17) is 4.98 Å². The molecule has 2 aromatic carbocycles. The van der Waals surface area contributed by atoms with Crippen LogP contribution in [-0.4, -0.2) is 28.5 Å². The third kappa shape index (κ3) is 4.54.